The van der Waals surface area contributed by atoms with Crippen molar-refractivity contribution in [1.29, 1.82) is 0 Å². The zero-order valence-corrected chi connectivity index (χ0v) is 13.2. The molecule has 0 aliphatic carbocycles. The number of ether oxygens (including phenoxy) is 1. The normalized spacial score (nSPS) is 13.4. The third-order valence-corrected chi connectivity index (χ3v) is 4.10. The van der Waals surface area contributed by atoms with Gasteiger partial charge in [0.1, 0.15) is 18.0 Å². The van der Waals surface area contributed by atoms with E-state index >= 15 is 0 Å². The van der Waals surface area contributed by atoms with Crippen molar-refractivity contribution in [2.75, 3.05) is 18.5 Å². The lowest BCUT2D eigenvalue weighted by atomic mass is 10.1. The fourth-order valence-corrected chi connectivity index (χ4v) is 2.89. The molecule has 4 rings (SSSR count). The maximum Gasteiger partial charge on any atom is 0.142 e. The molecular formula is C18H20N4O. The second kappa shape index (κ2) is 5.93. The van der Waals surface area contributed by atoms with E-state index in [1.807, 2.05) is 6.20 Å². The molecule has 1 aliphatic rings. The van der Waals surface area contributed by atoms with Crippen LogP contribution >= 0.6 is 0 Å². The SMILES string of the molecule is Cc1ccn2c(CNCc3ccc4c(c3)OCCN4)cnc2c1. The third kappa shape index (κ3) is 2.87. The van der Waals surface area contributed by atoms with Crippen LogP contribution in [-0.4, -0.2) is 22.5 Å². The minimum Gasteiger partial charge on any atom is -0.490 e. The fourth-order valence-electron chi connectivity index (χ4n) is 2.89. The number of aryl methyl sites for hydroxylation is 1. The summed E-state index contributed by atoms with van der Waals surface area (Å²) in [5.41, 5.74) is 5.69. The van der Waals surface area contributed by atoms with Crippen LogP contribution < -0.4 is 15.4 Å². The Kier molecular flexibility index (Phi) is 3.63. The average molecular weight is 308 g/mol. The van der Waals surface area contributed by atoms with Gasteiger partial charge in [-0.05, 0) is 42.3 Å². The number of fused-ring (bicyclic) bond motifs is 2. The van der Waals surface area contributed by atoms with E-state index in [2.05, 4.69) is 63.5 Å². The molecule has 5 heteroatoms. The molecule has 0 radical (unpaired) electrons. The van der Waals surface area contributed by atoms with Crippen LogP contribution in [0.15, 0.2) is 42.7 Å². The second-order valence-corrected chi connectivity index (χ2v) is 5.89. The second-order valence-electron chi connectivity index (χ2n) is 5.89. The first kappa shape index (κ1) is 14.1. The zero-order chi connectivity index (χ0) is 15.6. The molecule has 23 heavy (non-hydrogen) atoms. The van der Waals surface area contributed by atoms with Gasteiger partial charge in [0, 0.05) is 25.8 Å². The molecular weight excluding hydrogens is 288 g/mol. The predicted octanol–water partition coefficient (Wildman–Crippen LogP) is 2.74. The number of anilines is 1. The van der Waals surface area contributed by atoms with E-state index < -0.39 is 0 Å². The van der Waals surface area contributed by atoms with Gasteiger partial charge in [-0.1, -0.05) is 6.07 Å². The van der Waals surface area contributed by atoms with Gasteiger partial charge in [-0.25, -0.2) is 4.98 Å². The topological polar surface area (TPSA) is 50.6 Å². The zero-order valence-electron chi connectivity index (χ0n) is 13.2. The van der Waals surface area contributed by atoms with Crippen molar-refractivity contribution in [3.63, 3.8) is 0 Å². The summed E-state index contributed by atoms with van der Waals surface area (Å²) in [5.74, 6) is 0.945. The van der Waals surface area contributed by atoms with E-state index in [1.165, 1.54) is 11.1 Å². The van der Waals surface area contributed by atoms with Gasteiger partial charge >= 0.3 is 0 Å². The molecule has 2 aromatic heterocycles. The summed E-state index contributed by atoms with van der Waals surface area (Å²) < 4.78 is 7.81. The van der Waals surface area contributed by atoms with Crippen LogP contribution in [0.2, 0.25) is 0 Å². The summed E-state index contributed by atoms with van der Waals surface area (Å²) in [6.07, 6.45) is 4.01. The van der Waals surface area contributed by atoms with Gasteiger partial charge in [-0.3, -0.25) is 0 Å². The van der Waals surface area contributed by atoms with Gasteiger partial charge in [0.25, 0.3) is 0 Å². The lowest BCUT2D eigenvalue weighted by Crippen LogP contribution is -2.19. The Balaban J connectivity index is 1.43. The van der Waals surface area contributed by atoms with Crippen LogP contribution in [0.4, 0.5) is 5.69 Å². The maximum atomic E-state index is 5.68. The summed E-state index contributed by atoms with van der Waals surface area (Å²) in [4.78, 5) is 4.46. The summed E-state index contributed by atoms with van der Waals surface area (Å²) in [7, 11) is 0. The summed E-state index contributed by atoms with van der Waals surface area (Å²) >= 11 is 0. The van der Waals surface area contributed by atoms with Crippen LogP contribution in [0.3, 0.4) is 0 Å². The first-order valence-corrected chi connectivity index (χ1v) is 7.92. The first-order chi connectivity index (χ1) is 11.3. The molecule has 0 bridgehead atoms. The molecule has 1 aliphatic heterocycles. The van der Waals surface area contributed by atoms with Gasteiger partial charge in [-0.15, -0.1) is 0 Å². The Bertz CT molecular complexity index is 840. The van der Waals surface area contributed by atoms with Crippen LogP contribution in [0.25, 0.3) is 5.65 Å². The molecule has 3 aromatic rings. The number of hydrogen-bond acceptors (Lipinski definition) is 4. The summed E-state index contributed by atoms with van der Waals surface area (Å²) in [6, 6.07) is 10.5. The number of pyridine rings is 1. The van der Waals surface area contributed by atoms with Crippen molar-refractivity contribution in [2.24, 2.45) is 0 Å². The Morgan fingerprint density at radius 1 is 1.26 bits per heavy atom. The smallest absolute Gasteiger partial charge is 0.142 e. The molecule has 0 fully saturated rings. The number of nitrogens with zero attached hydrogens (tertiary/aromatic N) is 2. The quantitative estimate of drug-likeness (QED) is 0.778. The molecule has 0 amide bonds. The highest BCUT2D eigenvalue weighted by Gasteiger charge is 2.09. The average Bonchev–Trinajstić information content (AvgIpc) is 2.97. The van der Waals surface area contributed by atoms with E-state index in [4.69, 9.17) is 4.74 Å². The molecule has 118 valence electrons. The van der Waals surface area contributed by atoms with E-state index in [1.54, 1.807) is 0 Å². The number of benzene rings is 1. The Hall–Kier alpha value is -2.53. The van der Waals surface area contributed by atoms with Gasteiger partial charge < -0.3 is 19.8 Å². The van der Waals surface area contributed by atoms with E-state index in [0.29, 0.717) is 0 Å². The highest BCUT2D eigenvalue weighted by atomic mass is 16.5. The monoisotopic (exact) mass is 308 g/mol. The van der Waals surface area contributed by atoms with Crippen LogP contribution in [0, 0.1) is 6.92 Å². The molecule has 5 nitrogen and oxygen atoms in total. The number of imidazole rings is 1. The van der Waals surface area contributed by atoms with E-state index in [-0.39, 0.29) is 0 Å². The highest BCUT2D eigenvalue weighted by molar-refractivity contribution is 5.58. The van der Waals surface area contributed by atoms with Crippen molar-refractivity contribution in [3.8, 4) is 5.75 Å². The lowest BCUT2D eigenvalue weighted by Gasteiger charge is -2.19. The van der Waals surface area contributed by atoms with Crippen molar-refractivity contribution in [1.82, 2.24) is 14.7 Å². The molecule has 1 aromatic carbocycles. The third-order valence-electron chi connectivity index (χ3n) is 4.10. The molecule has 0 spiro atoms. The highest BCUT2D eigenvalue weighted by Crippen LogP contribution is 2.28. The van der Waals surface area contributed by atoms with E-state index in [9.17, 15) is 0 Å². The molecule has 0 unspecified atom stereocenters. The van der Waals surface area contributed by atoms with Gasteiger partial charge in [0.15, 0.2) is 0 Å². The minimum absolute atomic E-state index is 0.727. The number of hydrogen-bond donors (Lipinski definition) is 2. The Morgan fingerprint density at radius 2 is 2.22 bits per heavy atom. The Morgan fingerprint density at radius 3 is 3.17 bits per heavy atom. The standard InChI is InChI=1S/C18H20N4O/c1-13-4-6-22-15(12-21-18(22)8-13)11-19-10-14-2-3-16-17(9-14)23-7-5-20-16/h2-4,6,8-9,12,19-20H,5,7,10-11H2,1H3. The lowest BCUT2D eigenvalue weighted by molar-refractivity contribution is 0.323. The van der Waals surface area contributed by atoms with Gasteiger partial charge in [-0.2, -0.15) is 0 Å². The minimum atomic E-state index is 0.727. The maximum absolute atomic E-state index is 5.68. The molecule has 2 N–H and O–H groups in total. The molecule has 0 saturated heterocycles. The summed E-state index contributed by atoms with van der Waals surface area (Å²) in [5, 5.41) is 6.82. The number of aromatic nitrogens is 2. The van der Waals surface area contributed by atoms with Crippen LogP contribution in [0.5, 0.6) is 5.75 Å². The van der Waals surface area contributed by atoms with Gasteiger partial charge in [0.2, 0.25) is 0 Å². The van der Waals surface area contributed by atoms with Crippen LogP contribution in [0.1, 0.15) is 16.8 Å². The van der Waals surface area contributed by atoms with Crippen LogP contribution in [-0.2, 0) is 13.1 Å². The van der Waals surface area contributed by atoms with E-state index in [0.717, 1.165) is 49.0 Å². The fraction of sp³-hybridized carbons (Fsp3) is 0.278. The first-order valence-electron chi connectivity index (χ1n) is 7.92. The van der Waals surface area contributed by atoms with Crippen molar-refractivity contribution in [2.45, 2.75) is 20.0 Å². The molecule has 0 atom stereocenters. The Labute approximate surface area is 135 Å². The van der Waals surface area contributed by atoms with Crippen molar-refractivity contribution >= 4 is 11.3 Å². The predicted molar refractivity (Wildman–Crippen MR) is 90.9 cm³/mol. The number of nitrogens with one attached hydrogen (secondary N) is 2. The van der Waals surface area contributed by atoms with Gasteiger partial charge in [0.05, 0.1) is 17.6 Å². The molecule has 3 heterocycles. The molecule has 0 saturated carbocycles. The summed E-state index contributed by atoms with van der Waals surface area (Å²) in [6.45, 7) is 5.26. The number of rotatable bonds is 4. The van der Waals surface area contributed by atoms with Crippen molar-refractivity contribution in [3.05, 3.63) is 59.5 Å². The van der Waals surface area contributed by atoms with Crippen molar-refractivity contribution < 1.29 is 4.74 Å². The largest absolute Gasteiger partial charge is 0.490 e.